The Kier molecular flexibility index (Phi) is 5.99. The fourth-order valence-corrected chi connectivity index (χ4v) is 6.80. The lowest BCUT2D eigenvalue weighted by Crippen LogP contribution is -2.32. The molecule has 0 aliphatic rings. The summed E-state index contributed by atoms with van der Waals surface area (Å²) in [4.78, 5) is -0.119. The van der Waals surface area contributed by atoms with E-state index in [0.29, 0.717) is 5.56 Å². The van der Waals surface area contributed by atoms with Crippen LogP contribution in [0.4, 0.5) is 4.39 Å². The third kappa shape index (κ3) is 4.33. The zero-order valence-electron chi connectivity index (χ0n) is 14.9. The number of aryl methyl sites for hydroxylation is 1. The van der Waals surface area contributed by atoms with Crippen LogP contribution in [-0.4, -0.2) is 23.4 Å². The third-order valence-electron chi connectivity index (χ3n) is 4.22. The minimum absolute atomic E-state index is 0.119. The van der Waals surface area contributed by atoms with Crippen LogP contribution in [0.1, 0.15) is 16.4 Å². The molecule has 0 unspecified atom stereocenters. The fourth-order valence-electron chi connectivity index (χ4n) is 2.69. The number of nitrogens with one attached hydrogen (secondary N) is 1. The molecule has 9 heteroatoms. The van der Waals surface area contributed by atoms with E-state index in [4.69, 9.17) is 0 Å². The molecule has 0 bridgehead atoms. The summed E-state index contributed by atoms with van der Waals surface area (Å²) in [5.41, 5.74) is 0.669. The predicted molar refractivity (Wildman–Crippen MR) is 107 cm³/mol. The Balaban J connectivity index is 1.93. The molecule has 2 aromatic carbocycles. The van der Waals surface area contributed by atoms with Gasteiger partial charge in [-0.15, -0.1) is 11.3 Å². The van der Waals surface area contributed by atoms with Crippen LogP contribution in [0.5, 0.6) is 0 Å². The van der Waals surface area contributed by atoms with E-state index < -0.39 is 30.9 Å². The summed E-state index contributed by atoms with van der Waals surface area (Å²) < 4.78 is 67.4. The van der Waals surface area contributed by atoms with E-state index in [1.807, 2.05) is 0 Å². The van der Waals surface area contributed by atoms with Crippen LogP contribution in [-0.2, 0) is 19.9 Å². The van der Waals surface area contributed by atoms with Crippen molar-refractivity contribution in [2.24, 2.45) is 0 Å². The van der Waals surface area contributed by atoms with Gasteiger partial charge >= 0.3 is 0 Å². The van der Waals surface area contributed by atoms with E-state index in [9.17, 15) is 21.2 Å². The third-order valence-corrected chi connectivity index (χ3v) is 9.17. The van der Waals surface area contributed by atoms with E-state index in [1.165, 1.54) is 19.1 Å². The molecule has 0 saturated heterocycles. The van der Waals surface area contributed by atoms with Crippen molar-refractivity contribution in [3.8, 4) is 0 Å². The molecule has 0 aliphatic heterocycles. The van der Waals surface area contributed by atoms with E-state index >= 15 is 0 Å². The average molecular weight is 440 g/mol. The fraction of sp³-hybridized carbons (Fsp3) is 0.158. The maximum atomic E-state index is 13.4. The van der Waals surface area contributed by atoms with Crippen molar-refractivity contribution < 1.29 is 21.2 Å². The SMILES string of the molecule is Cc1cc(S(=O)(=O)NC[C@H](c2ccccc2)S(=O)(=O)c2cccs2)ccc1F. The minimum atomic E-state index is -4.01. The molecule has 1 atom stereocenters. The normalized spacial score (nSPS) is 13.4. The lowest BCUT2D eigenvalue weighted by atomic mass is 10.1. The molecule has 0 radical (unpaired) electrons. The molecule has 3 aromatic rings. The van der Waals surface area contributed by atoms with E-state index in [-0.39, 0.29) is 21.2 Å². The van der Waals surface area contributed by atoms with Crippen LogP contribution in [0.25, 0.3) is 0 Å². The van der Waals surface area contributed by atoms with Crippen LogP contribution in [0.2, 0.25) is 0 Å². The van der Waals surface area contributed by atoms with Gasteiger partial charge in [-0.2, -0.15) is 0 Å². The van der Waals surface area contributed by atoms with Crippen molar-refractivity contribution in [2.75, 3.05) is 6.54 Å². The molecule has 28 heavy (non-hydrogen) atoms. The molecule has 3 rings (SSSR count). The number of sulfonamides is 1. The molecule has 0 aliphatic carbocycles. The highest BCUT2D eigenvalue weighted by atomic mass is 32.2. The molecule has 1 aromatic heterocycles. The Morgan fingerprint density at radius 1 is 1.00 bits per heavy atom. The van der Waals surface area contributed by atoms with Gasteiger partial charge < -0.3 is 0 Å². The molecule has 0 spiro atoms. The summed E-state index contributed by atoms with van der Waals surface area (Å²) in [7, 11) is -7.81. The number of thiophene rings is 1. The van der Waals surface area contributed by atoms with Crippen LogP contribution < -0.4 is 4.72 Å². The average Bonchev–Trinajstić information content (AvgIpc) is 3.20. The number of hydrogen-bond acceptors (Lipinski definition) is 5. The first-order valence-electron chi connectivity index (χ1n) is 8.30. The second-order valence-corrected chi connectivity index (χ2v) is 11.2. The van der Waals surface area contributed by atoms with Gasteiger partial charge in [-0.3, -0.25) is 0 Å². The minimum Gasteiger partial charge on any atom is -0.222 e. The first-order valence-corrected chi connectivity index (χ1v) is 12.2. The topological polar surface area (TPSA) is 80.3 Å². The highest BCUT2D eigenvalue weighted by Gasteiger charge is 2.31. The number of benzene rings is 2. The number of rotatable bonds is 7. The van der Waals surface area contributed by atoms with Crippen LogP contribution in [0.3, 0.4) is 0 Å². The summed E-state index contributed by atoms with van der Waals surface area (Å²) in [5, 5.41) is 0.559. The Labute approximate surface area is 167 Å². The van der Waals surface area contributed by atoms with E-state index in [1.54, 1.807) is 41.8 Å². The number of sulfone groups is 1. The van der Waals surface area contributed by atoms with E-state index in [0.717, 1.165) is 23.5 Å². The molecule has 1 heterocycles. The van der Waals surface area contributed by atoms with Gasteiger partial charge in [0.25, 0.3) is 0 Å². The summed E-state index contributed by atoms with van der Waals surface area (Å²) in [5.74, 6) is -0.513. The van der Waals surface area contributed by atoms with Gasteiger partial charge in [-0.25, -0.2) is 25.9 Å². The summed E-state index contributed by atoms with van der Waals surface area (Å²) in [6.07, 6.45) is 0. The Bertz CT molecular complexity index is 1160. The molecule has 0 saturated carbocycles. The van der Waals surface area contributed by atoms with Crippen molar-refractivity contribution in [3.63, 3.8) is 0 Å². The Morgan fingerprint density at radius 3 is 2.32 bits per heavy atom. The Hall–Kier alpha value is -2.07. The van der Waals surface area contributed by atoms with Crippen molar-refractivity contribution in [1.82, 2.24) is 4.72 Å². The van der Waals surface area contributed by atoms with Gasteiger partial charge in [-0.05, 0) is 47.7 Å². The van der Waals surface area contributed by atoms with Gasteiger partial charge in [0.15, 0.2) is 9.84 Å². The smallest absolute Gasteiger partial charge is 0.222 e. The van der Waals surface area contributed by atoms with Gasteiger partial charge in [0.05, 0.1) is 4.90 Å². The molecule has 0 fully saturated rings. The first-order chi connectivity index (χ1) is 13.2. The molecule has 0 amide bonds. The lowest BCUT2D eigenvalue weighted by molar-refractivity contribution is 0.569. The maximum Gasteiger partial charge on any atom is 0.240 e. The highest BCUT2D eigenvalue weighted by Crippen LogP contribution is 2.31. The first kappa shape index (κ1) is 20.7. The monoisotopic (exact) mass is 439 g/mol. The van der Waals surface area contributed by atoms with Crippen molar-refractivity contribution in [3.05, 3.63) is 83.0 Å². The standard InChI is InChI=1S/C19H18FNO4S3/c1-14-12-16(9-10-17(14)20)28(24,25)21-13-18(15-6-3-2-4-7-15)27(22,23)19-8-5-11-26-19/h2-12,18,21H,13H2,1H3/t18-/m1/s1. The Morgan fingerprint density at radius 2 is 1.71 bits per heavy atom. The van der Waals surface area contributed by atoms with Gasteiger partial charge in [-0.1, -0.05) is 36.4 Å². The molecular formula is C19H18FNO4S3. The zero-order chi connectivity index (χ0) is 20.4. The van der Waals surface area contributed by atoms with Crippen LogP contribution >= 0.6 is 11.3 Å². The lowest BCUT2D eigenvalue weighted by Gasteiger charge is -2.18. The second kappa shape index (κ2) is 8.12. The van der Waals surface area contributed by atoms with E-state index in [2.05, 4.69) is 4.72 Å². The number of hydrogen-bond donors (Lipinski definition) is 1. The highest BCUT2D eigenvalue weighted by molar-refractivity contribution is 7.93. The predicted octanol–water partition coefficient (Wildman–Crippen LogP) is 3.69. The second-order valence-electron chi connectivity index (χ2n) is 6.14. The van der Waals surface area contributed by atoms with Gasteiger partial charge in [0, 0.05) is 6.54 Å². The van der Waals surface area contributed by atoms with Crippen molar-refractivity contribution in [2.45, 2.75) is 21.3 Å². The quantitative estimate of drug-likeness (QED) is 0.609. The van der Waals surface area contributed by atoms with Crippen molar-refractivity contribution >= 4 is 31.2 Å². The van der Waals surface area contributed by atoms with Crippen LogP contribution in [0.15, 0.2) is 75.1 Å². The largest absolute Gasteiger partial charge is 0.240 e. The van der Waals surface area contributed by atoms with Crippen molar-refractivity contribution in [1.29, 1.82) is 0 Å². The molecule has 148 valence electrons. The molecule has 5 nitrogen and oxygen atoms in total. The van der Waals surface area contributed by atoms with Gasteiger partial charge in [0.1, 0.15) is 15.3 Å². The molecule has 1 N–H and O–H groups in total. The summed E-state index contributed by atoms with van der Waals surface area (Å²) >= 11 is 1.08. The maximum absolute atomic E-state index is 13.4. The number of halogens is 1. The summed E-state index contributed by atoms with van der Waals surface area (Å²) in [6.45, 7) is 1.12. The zero-order valence-corrected chi connectivity index (χ0v) is 17.3. The molecular weight excluding hydrogens is 421 g/mol. The summed E-state index contributed by atoms with van der Waals surface area (Å²) in [6, 6.07) is 15.0. The van der Waals surface area contributed by atoms with Gasteiger partial charge in [0.2, 0.25) is 10.0 Å². The van der Waals surface area contributed by atoms with Crippen LogP contribution in [0, 0.1) is 12.7 Å².